The fourth-order valence-corrected chi connectivity index (χ4v) is 2.32. The summed E-state index contributed by atoms with van der Waals surface area (Å²) < 4.78 is 11.1. The van der Waals surface area contributed by atoms with Crippen LogP contribution in [0.3, 0.4) is 0 Å². The van der Waals surface area contributed by atoms with Crippen LogP contribution < -0.4 is 5.73 Å². The molecule has 2 aliphatic rings. The number of Topliss-reactive ketones (excluding diaryl/α,β-unsaturated/α-hetero) is 1. The van der Waals surface area contributed by atoms with Crippen molar-refractivity contribution in [2.24, 2.45) is 5.73 Å². The number of ketones is 1. The van der Waals surface area contributed by atoms with E-state index < -0.39 is 5.72 Å². The molecule has 0 bridgehead atoms. The van der Waals surface area contributed by atoms with Gasteiger partial charge in [0.15, 0.2) is 11.5 Å². The van der Waals surface area contributed by atoms with Gasteiger partial charge in [0, 0.05) is 11.1 Å². The summed E-state index contributed by atoms with van der Waals surface area (Å²) in [5, 5.41) is 0. The van der Waals surface area contributed by atoms with E-state index in [4.69, 9.17) is 15.2 Å². The Morgan fingerprint density at radius 1 is 1.26 bits per heavy atom. The monoisotopic (exact) mass is 257 g/mol. The molecule has 98 valence electrons. The van der Waals surface area contributed by atoms with Crippen molar-refractivity contribution in [3.8, 4) is 0 Å². The van der Waals surface area contributed by atoms with E-state index in [0.29, 0.717) is 24.4 Å². The average Bonchev–Trinajstić information content (AvgIpc) is 2.46. The molecule has 2 unspecified atom stereocenters. The minimum atomic E-state index is -1.03. The third kappa shape index (κ3) is 2.26. The van der Waals surface area contributed by atoms with Gasteiger partial charge in [-0.2, -0.15) is 0 Å². The van der Waals surface area contributed by atoms with Crippen LogP contribution in [0.15, 0.2) is 54.1 Å². The van der Waals surface area contributed by atoms with Crippen LogP contribution in [-0.4, -0.2) is 30.8 Å². The van der Waals surface area contributed by atoms with Crippen LogP contribution in [0, 0.1) is 0 Å². The Balaban J connectivity index is 1.90. The Labute approximate surface area is 111 Å². The van der Waals surface area contributed by atoms with Crippen molar-refractivity contribution in [2.75, 3.05) is 13.2 Å². The molecule has 1 aliphatic carbocycles. The molecule has 0 aromatic heterocycles. The normalized spacial score (nSPS) is 29.5. The summed E-state index contributed by atoms with van der Waals surface area (Å²) in [5.74, 6) is -0.0608. The molecule has 1 aromatic rings. The Bertz CT molecular complexity index is 550. The van der Waals surface area contributed by atoms with Gasteiger partial charge in [0.2, 0.25) is 0 Å². The predicted octanol–water partition coefficient (Wildman–Crippen LogP) is 1.44. The van der Waals surface area contributed by atoms with E-state index in [2.05, 4.69) is 0 Å². The number of carbonyl (C=O) groups excluding carboxylic acids is 1. The fraction of sp³-hybridized carbons (Fsp3) is 0.267. The Kier molecular flexibility index (Phi) is 3.06. The number of fused-ring (bicyclic) bond motifs is 1. The summed E-state index contributed by atoms with van der Waals surface area (Å²) in [6.45, 7) is 0.952. The highest BCUT2D eigenvalue weighted by Crippen LogP contribution is 2.27. The van der Waals surface area contributed by atoms with Gasteiger partial charge in [-0.3, -0.25) is 10.5 Å². The Morgan fingerprint density at radius 2 is 2.05 bits per heavy atom. The lowest BCUT2D eigenvalue weighted by atomic mass is 9.91. The van der Waals surface area contributed by atoms with Crippen molar-refractivity contribution in [1.29, 1.82) is 0 Å². The topological polar surface area (TPSA) is 61.6 Å². The maximum atomic E-state index is 12.3. The molecule has 1 fully saturated rings. The first-order chi connectivity index (χ1) is 9.19. The van der Waals surface area contributed by atoms with Crippen LogP contribution in [0.25, 0.3) is 0 Å². The molecular formula is C15H15NO3. The summed E-state index contributed by atoms with van der Waals surface area (Å²) in [4.78, 5) is 12.3. The summed E-state index contributed by atoms with van der Waals surface area (Å²) >= 11 is 0. The van der Waals surface area contributed by atoms with Gasteiger partial charge in [0.25, 0.3) is 0 Å². The smallest absolute Gasteiger partial charge is 0.192 e. The van der Waals surface area contributed by atoms with Crippen molar-refractivity contribution in [2.45, 2.75) is 11.8 Å². The van der Waals surface area contributed by atoms with Crippen molar-refractivity contribution >= 4 is 5.78 Å². The lowest BCUT2D eigenvalue weighted by Crippen LogP contribution is -2.57. The fourth-order valence-electron chi connectivity index (χ4n) is 2.32. The minimum absolute atomic E-state index is 0.0608. The predicted molar refractivity (Wildman–Crippen MR) is 70.6 cm³/mol. The molecule has 1 aromatic carbocycles. The van der Waals surface area contributed by atoms with Crippen LogP contribution in [0.2, 0.25) is 0 Å². The molecule has 1 heterocycles. The molecule has 1 saturated heterocycles. The number of ether oxygens (including phenoxy) is 2. The van der Waals surface area contributed by atoms with Gasteiger partial charge in [0.05, 0.1) is 13.2 Å². The van der Waals surface area contributed by atoms with Crippen molar-refractivity contribution < 1.29 is 14.3 Å². The Hall–Kier alpha value is -1.75. The van der Waals surface area contributed by atoms with Crippen LogP contribution in [0.1, 0.15) is 10.4 Å². The second kappa shape index (κ2) is 4.74. The molecule has 0 saturated carbocycles. The molecule has 2 atom stereocenters. The number of nitrogens with two attached hydrogens (primary N) is 1. The number of allylic oxidation sites excluding steroid dienone is 2. The van der Waals surface area contributed by atoms with Crippen LogP contribution in [0.4, 0.5) is 0 Å². The highest BCUT2D eigenvalue weighted by atomic mass is 16.6. The molecule has 4 heteroatoms. The van der Waals surface area contributed by atoms with Crippen molar-refractivity contribution in [3.63, 3.8) is 0 Å². The third-order valence-corrected chi connectivity index (χ3v) is 3.31. The van der Waals surface area contributed by atoms with Crippen molar-refractivity contribution in [3.05, 3.63) is 59.7 Å². The minimum Gasteiger partial charge on any atom is -0.367 e. The van der Waals surface area contributed by atoms with E-state index in [-0.39, 0.29) is 11.9 Å². The zero-order valence-electron chi connectivity index (χ0n) is 10.4. The van der Waals surface area contributed by atoms with E-state index in [1.165, 1.54) is 0 Å². The van der Waals surface area contributed by atoms with Crippen LogP contribution in [-0.2, 0) is 9.47 Å². The summed E-state index contributed by atoms with van der Waals surface area (Å²) in [6, 6.07) is 9.11. The van der Waals surface area contributed by atoms with E-state index in [9.17, 15) is 4.79 Å². The van der Waals surface area contributed by atoms with Gasteiger partial charge in [-0.1, -0.05) is 42.5 Å². The molecule has 3 rings (SSSR count). The number of benzene rings is 1. The van der Waals surface area contributed by atoms with Gasteiger partial charge in [-0.25, -0.2) is 0 Å². The van der Waals surface area contributed by atoms with Crippen LogP contribution >= 0.6 is 0 Å². The summed E-state index contributed by atoms with van der Waals surface area (Å²) in [7, 11) is 0. The average molecular weight is 257 g/mol. The highest BCUT2D eigenvalue weighted by molar-refractivity contribution is 6.10. The molecule has 19 heavy (non-hydrogen) atoms. The van der Waals surface area contributed by atoms with Gasteiger partial charge >= 0.3 is 0 Å². The van der Waals surface area contributed by atoms with E-state index in [1.54, 1.807) is 30.4 Å². The van der Waals surface area contributed by atoms with Gasteiger partial charge < -0.3 is 9.47 Å². The standard InChI is InChI=1S/C15H15NO3/c16-15-10-12(6-7-13(15)18-8-9-19-15)14(17)11-4-2-1-3-5-11/h1-7,10,13H,8-9,16H2. The largest absolute Gasteiger partial charge is 0.367 e. The van der Waals surface area contributed by atoms with Crippen LogP contribution in [0.5, 0.6) is 0 Å². The lowest BCUT2D eigenvalue weighted by Gasteiger charge is -2.39. The van der Waals surface area contributed by atoms with E-state index in [1.807, 2.05) is 18.2 Å². The third-order valence-electron chi connectivity index (χ3n) is 3.31. The second-order valence-corrected chi connectivity index (χ2v) is 4.65. The number of rotatable bonds is 2. The highest BCUT2D eigenvalue weighted by Gasteiger charge is 2.39. The second-order valence-electron chi connectivity index (χ2n) is 4.65. The summed E-state index contributed by atoms with van der Waals surface area (Å²) in [5.41, 5.74) is 6.28. The quantitative estimate of drug-likeness (QED) is 0.814. The van der Waals surface area contributed by atoms with E-state index >= 15 is 0 Å². The first-order valence-electron chi connectivity index (χ1n) is 6.24. The lowest BCUT2D eigenvalue weighted by molar-refractivity contribution is -0.160. The van der Waals surface area contributed by atoms with Crippen molar-refractivity contribution in [1.82, 2.24) is 0 Å². The first kappa shape index (κ1) is 12.3. The molecule has 2 N–H and O–H groups in total. The van der Waals surface area contributed by atoms with E-state index in [0.717, 1.165) is 0 Å². The summed E-state index contributed by atoms with van der Waals surface area (Å²) in [6.07, 6.45) is 4.87. The number of carbonyl (C=O) groups is 1. The molecule has 1 aliphatic heterocycles. The maximum Gasteiger partial charge on any atom is 0.192 e. The molecule has 0 spiro atoms. The zero-order valence-corrected chi connectivity index (χ0v) is 10.4. The first-order valence-corrected chi connectivity index (χ1v) is 6.24. The zero-order chi connectivity index (χ0) is 13.3. The number of hydrogen-bond acceptors (Lipinski definition) is 4. The van der Waals surface area contributed by atoms with Gasteiger partial charge in [-0.15, -0.1) is 0 Å². The maximum absolute atomic E-state index is 12.3. The molecule has 0 radical (unpaired) electrons. The SMILES string of the molecule is NC12C=C(C(=O)c3ccccc3)C=CC1OCCO2. The molecule has 0 amide bonds. The molecule has 4 nitrogen and oxygen atoms in total. The molecular weight excluding hydrogens is 242 g/mol. The van der Waals surface area contributed by atoms with Gasteiger partial charge in [0.1, 0.15) is 6.10 Å². The Morgan fingerprint density at radius 3 is 2.84 bits per heavy atom. The van der Waals surface area contributed by atoms with Gasteiger partial charge in [-0.05, 0) is 6.08 Å². The number of hydrogen-bond donors (Lipinski definition) is 1.